The number of rotatable bonds is 40. The highest BCUT2D eigenvalue weighted by Gasteiger charge is 2.13. The van der Waals surface area contributed by atoms with E-state index in [2.05, 4.69) is 49.0 Å². The number of hydrogen-bond acceptors (Lipinski definition) is 8. The Morgan fingerprint density at radius 2 is 1.08 bits per heavy atom. The number of ether oxygens (including phenoxy) is 4. The first-order valence-corrected chi connectivity index (χ1v) is 21.2. The minimum atomic E-state index is -0.363. The van der Waals surface area contributed by atoms with Crippen molar-refractivity contribution in [2.75, 3.05) is 52.7 Å². The smallest absolute Gasteiger partial charge is 0.305 e. The number of hydrogen-bond donors (Lipinski definition) is 1. The van der Waals surface area contributed by atoms with Crippen molar-refractivity contribution in [3.63, 3.8) is 0 Å². The molecule has 0 bridgehead atoms. The van der Waals surface area contributed by atoms with Gasteiger partial charge in [-0.3, -0.25) is 9.59 Å². The Morgan fingerprint density at radius 1 is 0.596 bits per heavy atom. The van der Waals surface area contributed by atoms with E-state index in [1.54, 1.807) is 0 Å². The molecule has 8 nitrogen and oxygen atoms in total. The van der Waals surface area contributed by atoms with Gasteiger partial charge in [0, 0.05) is 39.0 Å². The summed E-state index contributed by atoms with van der Waals surface area (Å²) in [6.07, 6.45) is 37.8. The Morgan fingerprint density at radius 3 is 1.62 bits per heavy atom. The zero-order valence-electron chi connectivity index (χ0n) is 33.6. The Hall–Kier alpha value is -2.18. The largest absolute Gasteiger partial charge is 0.466 e. The van der Waals surface area contributed by atoms with Gasteiger partial charge in [-0.25, -0.2) is 0 Å². The molecule has 0 rings (SSSR count). The maximum Gasteiger partial charge on any atom is 0.305 e. The fraction of sp³-hybridized carbons (Fsp3) is 0.818. The predicted octanol–water partition coefficient (Wildman–Crippen LogP) is 10.3. The molecular weight excluding hydrogens is 654 g/mol. The average molecular weight is 734 g/mol. The van der Waals surface area contributed by atoms with Crippen LogP contribution in [-0.4, -0.2) is 80.9 Å². The van der Waals surface area contributed by atoms with Crippen molar-refractivity contribution in [2.24, 2.45) is 0 Å². The number of unbranched alkanes of at least 4 members (excludes halogenated alkanes) is 15. The van der Waals surface area contributed by atoms with Crippen molar-refractivity contribution in [3.05, 3.63) is 24.3 Å². The number of aliphatic hydroxyl groups excluding tert-OH is 1. The van der Waals surface area contributed by atoms with Crippen molar-refractivity contribution in [1.82, 2.24) is 4.90 Å². The quantitative estimate of drug-likeness (QED) is 0.0219. The molecule has 52 heavy (non-hydrogen) atoms. The van der Waals surface area contributed by atoms with Crippen LogP contribution in [0.1, 0.15) is 174 Å². The second kappa shape index (κ2) is 41.6. The van der Waals surface area contributed by atoms with E-state index in [9.17, 15) is 14.7 Å². The molecule has 0 spiro atoms. The van der Waals surface area contributed by atoms with Gasteiger partial charge in [0.25, 0.3) is 0 Å². The minimum absolute atomic E-state index is 0.0788. The van der Waals surface area contributed by atoms with Gasteiger partial charge in [0.05, 0.1) is 26.2 Å². The first-order valence-electron chi connectivity index (χ1n) is 21.2. The SMILES string of the molecule is C#CCCCCCCOC(=O)CCCCCCCN(CCO)CCCCCCOC(=O)CCC(OCCCC/C=C\CC)OCCCC/C=C\CC. The topological polar surface area (TPSA) is 94.5 Å². The molecule has 8 heteroatoms. The third-order valence-corrected chi connectivity index (χ3v) is 8.91. The number of terminal acetylenes is 1. The van der Waals surface area contributed by atoms with Gasteiger partial charge in [-0.1, -0.05) is 83.1 Å². The van der Waals surface area contributed by atoms with E-state index >= 15 is 0 Å². The van der Waals surface area contributed by atoms with Gasteiger partial charge >= 0.3 is 11.9 Å². The summed E-state index contributed by atoms with van der Waals surface area (Å²) in [4.78, 5) is 26.7. The van der Waals surface area contributed by atoms with Crippen molar-refractivity contribution in [2.45, 2.75) is 181 Å². The molecule has 1 N–H and O–H groups in total. The highest BCUT2D eigenvalue weighted by molar-refractivity contribution is 5.69. The van der Waals surface area contributed by atoms with Crippen molar-refractivity contribution < 1.29 is 33.6 Å². The number of carbonyl (C=O) groups is 2. The van der Waals surface area contributed by atoms with Gasteiger partial charge in [0.2, 0.25) is 0 Å². The standard InChI is InChI=1S/C44H79NO7/c1-4-7-10-13-20-27-38-49-42(47)31-24-17-16-18-25-34-45(36-37-46)35-26-19-23-28-39-50-43(48)32-33-44(51-40-29-21-14-11-8-5-2)52-41-30-22-15-12-9-6-3/h1,8-9,11-12,44,46H,5-7,10,13-41H2,2-3H3/b11-8-,12-9-. The zero-order valence-corrected chi connectivity index (χ0v) is 33.6. The Bertz CT molecular complexity index is 860. The maximum atomic E-state index is 12.4. The van der Waals surface area contributed by atoms with Gasteiger partial charge in [0.1, 0.15) is 0 Å². The molecule has 0 unspecified atom stereocenters. The molecule has 0 saturated carbocycles. The van der Waals surface area contributed by atoms with Crippen LogP contribution >= 0.6 is 0 Å². The number of esters is 2. The monoisotopic (exact) mass is 734 g/mol. The van der Waals surface area contributed by atoms with Gasteiger partial charge in [0.15, 0.2) is 6.29 Å². The summed E-state index contributed by atoms with van der Waals surface area (Å²) in [5.74, 6) is 2.39. The molecule has 0 amide bonds. The number of carbonyl (C=O) groups excluding carboxylic acids is 2. The minimum Gasteiger partial charge on any atom is -0.466 e. The molecule has 0 aromatic carbocycles. The van der Waals surface area contributed by atoms with E-state index in [4.69, 9.17) is 25.4 Å². The third-order valence-electron chi connectivity index (χ3n) is 8.91. The van der Waals surface area contributed by atoms with Crippen LogP contribution in [0.4, 0.5) is 0 Å². The highest BCUT2D eigenvalue weighted by atomic mass is 16.7. The molecule has 0 aliphatic rings. The van der Waals surface area contributed by atoms with E-state index in [0.29, 0.717) is 52.2 Å². The summed E-state index contributed by atoms with van der Waals surface area (Å²) in [6, 6.07) is 0. The highest BCUT2D eigenvalue weighted by Crippen LogP contribution is 2.12. The Labute approximate surface area is 319 Å². The molecule has 0 radical (unpaired) electrons. The third kappa shape index (κ3) is 37.6. The molecule has 0 aliphatic carbocycles. The summed E-state index contributed by atoms with van der Waals surface area (Å²) in [5, 5.41) is 9.51. The number of allylic oxidation sites excluding steroid dienone is 4. The lowest BCUT2D eigenvalue weighted by Gasteiger charge is -2.21. The lowest BCUT2D eigenvalue weighted by atomic mass is 10.1. The lowest BCUT2D eigenvalue weighted by Crippen LogP contribution is -2.29. The van der Waals surface area contributed by atoms with Gasteiger partial charge in [-0.05, 0) is 103 Å². The number of aliphatic hydroxyl groups is 1. The normalized spacial score (nSPS) is 11.7. The molecule has 0 aliphatic heterocycles. The Kier molecular flexibility index (Phi) is 39.8. The molecule has 0 aromatic rings. The molecule has 0 fully saturated rings. The zero-order chi connectivity index (χ0) is 38.0. The summed E-state index contributed by atoms with van der Waals surface area (Å²) in [5.41, 5.74) is 0. The fourth-order valence-electron chi connectivity index (χ4n) is 5.78. The van der Waals surface area contributed by atoms with Crippen LogP contribution in [0.25, 0.3) is 0 Å². The van der Waals surface area contributed by atoms with Crippen molar-refractivity contribution >= 4 is 11.9 Å². The molecule has 0 saturated heterocycles. The molecule has 0 heterocycles. The van der Waals surface area contributed by atoms with Crippen LogP contribution in [0.2, 0.25) is 0 Å². The van der Waals surface area contributed by atoms with Crippen LogP contribution in [0, 0.1) is 12.3 Å². The van der Waals surface area contributed by atoms with Gasteiger partial charge in [-0.15, -0.1) is 12.3 Å². The lowest BCUT2D eigenvalue weighted by molar-refractivity contribution is -0.159. The molecule has 0 aromatic heterocycles. The van der Waals surface area contributed by atoms with Crippen LogP contribution in [0.15, 0.2) is 24.3 Å². The molecular formula is C44H79NO7. The molecule has 302 valence electrons. The first kappa shape index (κ1) is 49.8. The maximum absolute atomic E-state index is 12.4. The summed E-state index contributed by atoms with van der Waals surface area (Å²) in [6.45, 7) is 9.39. The summed E-state index contributed by atoms with van der Waals surface area (Å²) >= 11 is 0. The molecule has 0 atom stereocenters. The van der Waals surface area contributed by atoms with Crippen LogP contribution in [0.3, 0.4) is 0 Å². The van der Waals surface area contributed by atoms with E-state index in [1.165, 1.54) is 0 Å². The van der Waals surface area contributed by atoms with E-state index in [0.717, 1.165) is 154 Å². The number of nitrogens with zero attached hydrogens (tertiary/aromatic N) is 1. The van der Waals surface area contributed by atoms with Crippen molar-refractivity contribution in [1.29, 1.82) is 0 Å². The summed E-state index contributed by atoms with van der Waals surface area (Å²) < 4.78 is 22.9. The van der Waals surface area contributed by atoms with Crippen LogP contribution < -0.4 is 0 Å². The fourth-order valence-corrected chi connectivity index (χ4v) is 5.78. The van der Waals surface area contributed by atoms with Crippen LogP contribution in [-0.2, 0) is 28.5 Å². The van der Waals surface area contributed by atoms with E-state index < -0.39 is 0 Å². The average Bonchev–Trinajstić information content (AvgIpc) is 3.14. The van der Waals surface area contributed by atoms with Gasteiger partial charge in [-0.2, -0.15) is 0 Å². The van der Waals surface area contributed by atoms with Crippen molar-refractivity contribution in [3.8, 4) is 12.3 Å². The van der Waals surface area contributed by atoms with E-state index in [-0.39, 0.29) is 24.8 Å². The second-order valence-corrected chi connectivity index (χ2v) is 13.8. The van der Waals surface area contributed by atoms with Crippen LogP contribution in [0.5, 0.6) is 0 Å². The van der Waals surface area contributed by atoms with Gasteiger partial charge < -0.3 is 29.0 Å². The second-order valence-electron chi connectivity index (χ2n) is 13.8. The van der Waals surface area contributed by atoms with E-state index in [1.807, 2.05) is 0 Å². The summed E-state index contributed by atoms with van der Waals surface area (Å²) in [7, 11) is 0. The predicted molar refractivity (Wildman–Crippen MR) is 215 cm³/mol. The first-order chi connectivity index (χ1) is 25.6. The Balaban J connectivity index is 4.01.